The summed E-state index contributed by atoms with van der Waals surface area (Å²) < 4.78 is 0. The first kappa shape index (κ1) is 19.0. The topological polar surface area (TPSA) is 95.6 Å². The van der Waals surface area contributed by atoms with E-state index in [1.54, 1.807) is 25.4 Å². The zero-order valence-corrected chi connectivity index (χ0v) is 15.9. The van der Waals surface area contributed by atoms with Crippen molar-refractivity contribution in [3.8, 4) is 0 Å². The molecular formula is C19H23ClN6O. The van der Waals surface area contributed by atoms with Crippen molar-refractivity contribution >= 4 is 29.3 Å². The maximum absolute atomic E-state index is 11.1. The number of carbonyl (C=O) groups excluding carboxylic acids is 1. The number of benzene rings is 1. The number of nitrogens with zero attached hydrogens (tertiary/aromatic N) is 3. The summed E-state index contributed by atoms with van der Waals surface area (Å²) in [6.07, 6.45) is 2.73. The molecule has 27 heavy (non-hydrogen) atoms. The van der Waals surface area contributed by atoms with E-state index >= 15 is 0 Å². The maximum Gasteiger partial charge on any atom is 0.248 e. The summed E-state index contributed by atoms with van der Waals surface area (Å²) >= 11 is 6.24. The summed E-state index contributed by atoms with van der Waals surface area (Å²) in [6.45, 7) is 2.30. The fourth-order valence-electron chi connectivity index (χ4n) is 3.04. The van der Waals surface area contributed by atoms with Gasteiger partial charge >= 0.3 is 0 Å². The van der Waals surface area contributed by atoms with Gasteiger partial charge in [-0.1, -0.05) is 23.7 Å². The molecule has 2 heterocycles. The van der Waals surface area contributed by atoms with E-state index in [0.717, 1.165) is 36.9 Å². The minimum atomic E-state index is -0.425. The van der Waals surface area contributed by atoms with E-state index < -0.39 is 5.91 Å². The molecule has 3 rings (SSSR count). The standard InChI is InChI=1S/C19H23ClN6O/c1-22-19(24-11-13-4-6-14(7-5-13)17(21)27)25-15-8-10-26(12-15)18-16(20)3-2-9-23-18/h2-7,9,15H,8,10-12H2,1H3,(H2,21,27)(H2,22,24,25). The van der Waals surface area contributed by atoms with Crippen LogP contribution in [0.25, 0.3) is 0 Å². The molecule has 1 aliphatic rings. The lowest BCUT2D eigenvalue weighted by Gasteiger charge is -2.20. The molecule has 1 amide bonds. The van der Waals surface area contributed by atoms with Gasteiger partial charge < -0.3 is 21.3 Å². The quantitative estimate of drug-likeness (QED) is 0.537. The molecule has 0 bridgehead atoms. The molecule has 1 atom stereocenters. The zero-order valence-electron chi connectivity index (χ0n) is 15.2. The molecule has 0 aliphatic carbocycles. The highest BCUT2D eigenvalue weighted by atomic mass is 35.5. The predicted molar refractivity (Wildman–Crippen MR) is 108 cm³/mol. The zero-order chi connectivity index (χ0) is 19.2. The Balaban J connectivity index is 1.52. The first-order valence-corrected chi connectivity index (χ1v) is 9.16. The molecule has 0 spiro atoms. The van der Waals surface area contributed by atoms with Gasteiger partial charge in [0.25, 0.3) is 0 Å². The van der Waals surface area contributed by atoms with Crippen LogP contribution in [0.15, 0.2) is 47.6 Å². The lowest BCUT2D eigenvalue weighted by atomic mass is 10.1. The van der Waals surface area contributed by atoms with Crippen LogP contribution >= 0.6 is 11.6 Å². The number of rotatable bonds is 5. The number of hydrogen-bond donors (Lipinski definition) is 3. The number of aromatic nitrogens is 1. The SMILES string of the molecule is CN=C(NCc1ccc(C(N)=O)cc1)NC1CCN(c2ncccc2Cl)C1. The Kier molecular flexibility index (Phi) is 6.13. The van der Waals surface area contributed by atoms with E-state index in [-0.39, 0.29) is 6.04 Å². The minimum Gasteiger partial charge on any atom is -0.366 e. The van der Waals surface area contributed by atoms with Crippen molar-refractivity contribution in [2.24, 2.45) is 10.7 Å². The van der Waals surface area contributed by atoms with Crippen molar-refractivity contribution in [1.29, 1.82) is 0 Å². The van der Waals surface area contributed by atoms with Crippen molar-refractivity contribution in [1.82, 2.24) is 15.6 Å². The minimum absolute atomic E-state index is 0.256. The van der Waals surface area contributed by atoms with Crippen LogP contribution < -0.4 is 21.3 Å². The van der Waals surface area contributed by atoms with Crippen LogP contribution in [-0.4, -0.2) is 43.0 Å². The van der Waals surface area contributed by atoms with Crippen LogP contribution in [0.3, 0.4) is 0 Å². The molecule has 2 aromatic rings. The third kappa shape index (κ3) is 4.89. The second-order valence-corrected chi connectivity index (χ2v) is 6.78. The molecule has 1 fully saturated rings. The fourth-order valence-corrected chi connectivity index (χ4v) is 3.28. The number of amides is 1. The largest absolute Gasteiger partial charge is 0.366 e. The molecule has 4 N–H and O–H groups in total. The van der Waals surface area contributed by atoms with Crippen molar-refractivity contribution in [3.63, 3.8) is 0 Å². The molecule has 7 nitrogen and oxygen atoms in total. The van der Waals surface area contributed by atoms with E-state index in [4.69, 9.17) is 17.3 Å². The van der Waals surface area contributed by atoms with Crippen molar-refractivity contribution in [2.75, 3.05) is 25.0 Å². The number of guanidine groups is 1. The van der Waals surface area contributed by atoms with E-state index in [9.17, 15) is 4.79 Å². The molecule has 1 unspecified atom stereocenters. The van der Waals surface area contributed by atoms with Crippen LogP contribution in [-0.2, 0) is 6.54 Å². The first-order valence-electron chi connectivity index (χ1n) is 8.78. The van der Waals surface area contributed by atoms with Gasteiger partial charge in [0.15, 0.2) is 5.96 Å². The van der Waals surface area contributed by atoms with Crippen LogP contribution in [0, 0.1) is 0 Å². The summed E-state index contributed by atoms with van der Waals surface area (Å²) in [5.74, 6) is 1.12. The lowest BCUT2D eigenvalue weighted by molar-refractivity contribution is 0.100. The normalized spacial score (nSPS) is 17.0. The van der Waals surface area contributed by atoms with E-state index in [0.29, 0.717) is 17.1 Å². The number of hydrogen-bond acceptors (Lipinski definition) is 4. The summed E-state index contributed by atoms with van der Waals surface area (Å²) in [4.78, 5) is 22.0. The number of halogens is 1. The Bertz CT molecular complexity index is 823. The number of primary amides is 1. The number of aliphatic imine (C=N–C) groups is 1. The number of carbonyl (C=O) groups is 1. The molecule has 1 saturated heterocycles. The summed E-state index contributed by atoms with van der Waals surface area (Å²) in [5.41, 5.74) is 6.80. The van der Waals surface area contributed by atoms with Crippen molar-refractivity contribution in [3.05, 3.63) is 58.7 Å². The van der Waals surface area contributed by atoms with E-state index in [1.807, 2.05) is 24.3 Å². The van der Waals surface area contributed by atoms with Gasteiger partial charge in [0, 0.05) is 44.5 Å². The van der Waals surface area contributed by atoms with E-state index in [1.165, 1.54) is 0 Å². The monoisotopic (exact) mass is 386 g/mol. The number of pyridine rings is 1. The van der Waals surface area contributed by atoms with Crippen LogP contribution in [0.5, 0.6) is 0 Å². The number of nitrogens with one attached hydrogen (secondary N) is 2. The Morgan fingerprint density at radius 1 is 1.37 bits per heavy atom. The molecule has 1 aromatic heterocycles. The molecule has 0 radical (unpaired) electrons. The van der Waals surface area contributed by atoms with Gasteiger partial charge in [0.1, 0.15) is 5.82 Å². The average Bonchev–Trinajstić information content (AvgIpc) is 3.14. The second kappa shape index (κ2) is 8.73. The molecule has 8 heteroatoms. The predicted octanol–water partition coefficient (Wildman–Crippen LogP) is 1.78. The Hall–Kier alpha value is -2.80. The summed E-state index contributed by atoms with van der Waals surface area (Å²) in [7, 11) is 1.74. The molecule has 0 saturated carbocycles. The highest BCUT2D eigenvalue weighted by Crippen LogP contribution is 2.25. The Morgan fingerprint density at radius 2 is 2.15 bits per heavy atom. The number of nitrogens with two attached hydrogens (primary N) is 1. The van der Waals surface area contributed by atoms with Crippen LogP contribution in [0.2, 0.25) is 5.02 Å². The van der Waals surface area contributed by atoms with Gasteiger partial charge in [-0.15, -0.1) is 0 Å². The highest BCUT2D eigenvalue weighted by molar-refractivity contribution is 6.32. The van der Waals surface area contributed by atoms with Crippen molar-refractivity contribution in [2.45, 2.75) is 19.0 Å². The molecule has 1 aliphatic heterocycles. The first-order chi connectivity index (χ1) is 13.1. The van der Waals surface area contributed by atoms with Gasteiger partial charge in [-0.3, -0.25) is 9.79 Å². The third-order valence-corrected chi connectivity index (χ3v) is 4.78. The Labute approximate surface area is 163 Å². The van der Waals surface area contributed by atoms with Gasteiger partial charge in [-0.2, -0.15) is 0 Å². The smallest absolute Gasteiger partial charge is 0.248 e. The second-order valence-electron chi connectivity index (χ2n) is 6.37. The highest BCUT2D eigenvalue weighted by Gasteiger charge is 2.25. The average molecular weight is 387 g/mol. The Morgan fingerprint density at radius 3 is 2.81 bits per heavy atom. The summed E-state index contributed by atoms with van der Waals surface area (Å²) in [6, 6.07) is 11.1. The van der Waals surface area contributed by atoms with Gasteiger partial charge in [0.2, 0.25) is 5.91 Å². The molecule has 1 aromatic carbocycles. The van der Waals surface area contributed by atoms with Gasteiger partial charge in [0.05, 0.1) is 5.02 Å². The summed E-state index contributed by atoms with van der Waals surface area (Å²) in [5, 5.41) is 7.39. The fraction of sp³-hybridized carbons (Fsp3) is 0.316. The van der Waals surface area contributed by atoms with Crippen LogP contribution in [0.1, 0.15) is 22.3 Å². The molecule has 142 valence electrons. The number of anilines is 1. The van der Waals surface area contributed by atoms with Crippen LogP contribution in [0.4, 0.5) is 5.82 Å². The third-order valence-electron chi connectivity index (χ3n) is 4.49. The molecular weight excluding hydrogens is 364 g/mol. The maximum atomic E-state index is 11.1. The van der Waals surface area contributed by atoms with Gasteiger partial charge in [-0.05, 0) is 36.2 Å². The van der Waals surface area contributed by atoms with Gasteiger partial charge in [-0.25, -0.2) is 4.98 Å². The van der Waals surface area contributed by atoms with Crippen molar-refractivity contribution < 1.29 is 4.79 Å². The van der Waals surface area contributed by atoms with E-state index in [2.05, 4.69) is 25.5 Å². The lowest BCUT2D eigenvalue weighted by Crippen LogP contribution is -2.44.